The fourth-order valence-corrected chi connectivity index (χ4v) is 2.76. The highest BCUT2D eigenvalue weighted by atomic mass is 35.5. The van der Waals surface area contributed by atoms with E-state index in [2.05, 4.69) is 25.6 Å². The van der Waals surface area contributed by atoms with Gasteiger partial charge in [0.1, 0.15) is 16.5 Å². The van der Waals surface area contributed by atoms with Crippen molar-refractivity contribution in [1.82, 2.24) is 20.0 Å². The summed E-state index contributed by atoms with van der Waals surface area (Å²) in [6.45, 7) is 1.89. The molecule has 8 nitrogen and oxygen atoms in total. The Morgan fingerprint density at radius 3 is 2.76 bits per heavy atom. The number of carbonyl (C=O) groups is 1. The zero-order valence-electron chi connectivity index (χ0n) is 15.2. The molecular weight excluding hydrogens is 411 g/mol. The van der Waals surface area contributed by atoms with Gasteiger partial charge in [0.15, 0.2) is 11.5 Å². The molecule has 152 valence electrons. The molecule has 0 saturated heterocycles. The number of benzene rings is 1. The third-order valence-electron chi connectivity index (χ3n) is 3.88. The SMILES string of the molecule is Cc1cccc(Nc2[nH]nc(N=Cc3c(C(F)(F)F)nn(C)c3Cl)c2C(N)=O)c1. The minimum absolute atomic E-state index is 0.115. The van der Waals surface area contributed by atoms with Crippen LogP contribution in [0.15, 0.2) is 29.3 Å². The van der Waals surface area contributed by atoms with Crippen molar-refractivity contribution in [2.24, 2.45) is 17.8 Å². The van der Waals surface area contributed by atoms with E-state index < -0.39 is 23.3 Å². The number of halogens is 4. The summed E-state index contributed by atoms with van der Waals surface area (Å²) in [6.07, 6.45) is -3.89. The van der Waals surface area contributed by atoms with Crippen molar-refractivity contribution in [3.05, 3.63) is 51.8 Å². The van der Waals surface area contributed by atoms with E-state index in [9.17, 15) is 18.0 Å². The second kappa shape index (κ2) is 7.59. The first-order valence-electron chi connectivity index (χ1n) is 8.13. The average Bonchev–Trinajstić information content (AvgIpc) is 3.14. The highest BCUT2D eigenvalue weighted by molar-refractivity contribution is 6.32. The molecule has 2 heterocycles. The molecule has 0 fully saturated rings. The van der Waals surface area contributed by atoms with E-state index in [0.717, 1.165) is 16.5 Å². The van der Waals surface area contributed by atoms with Crippen molar-refractivity contribution < 1.29 is 18.0 Å². The number of rotatable bonds is 5. The molecule has 12 heteroatoms. The first-order chi connectivity index (χ1) is 13.6. The Labute approximate surface area is 167 Å². The van der Waals surface area contributed by atoms with Gasteiger partial charge in [-0.3, -0.25) is 14.6 Å². The molecule has 0 spiro atoms. The molecule has 0 radical (unpaired) electrons. The van der Waals surface area contributed by atoms with Gasteiger partial charge in [0.2, 0.25) is 0 Å². The van der Waals surface area contributed by atoms with Crippen LogP contribution in [0.3, 0.4) is 0 Å². The minimum atomic E-state index is -4.73. The summed E-state index contributed by atoms with van der Waals surface area (Å²) >= 11 is 5.89. The highest BCUT2D eigenvalue weighted by Gasteiger charge is 2.38. The molecule has 1 amide bonds. The van der Waals surface area contributed by atoms with Gasteiger partial charge in [0.05, 0.1) is 5.56 Å². The lowest BCUT2D eigenvalue weighted by molar-refractivity contribution is -0.141. The highest BCUT2D eigenvalue weighted by Crippen LogP contribution is 2.34. The van der Waals surface area contributed by atoms with Gasteiger partial charge in [-0.2, -0.15) is 23.4 Å². The van der Waals surface area contributed by atoms with Crippen molar-refractivity contribution in [3.63, 3.8) is 0 Å². The van der Waals surface area contributed by atoms with Gasteiger partial charge < -0.3 is 11.1 Å². The second-order valence-electron chi connectivity index (χ2n) is 6.09. The lowest BCUT2D eigenvalue weighted by Gasteiger charge is -2.06. The van der Waals surface area contributed by atoms with Gasteiger partial charge in [0.25, 0.3) is 5.91 Å². The first-order valence-corrected chi connectivity index (χ1v) is 8.51. The van der Waals surface area contributed by atoms with Crippen molar-refractivity contribution >= 4 is 41.0 Å². The van der Waals surface area contributed by atoms with Crippen LogP contribution in [0.4, 0.5) is 30.5 Å². The molecule has 3 aromatic rings. The second-order valence-corrected chi connectivity index (χ2v) is 6.45. The molecule has 3 rings (SSSR count). The number of aromatic amines is 1. The Morgan fingerprint density at radius 1 is 1.41 bits per heavy atom. The molecule has 0 saturated carbocycles. The van der Waals surface area contributed by atoms with Crippen LogP contribution in [0.1, 0.15) is 27.2 Å². The first kappa shape index (κ1) is 20.4. The van der Waals surface area contributed by atoms with Gasteiger partial charge >= 0.3 is 6.18 Å². The van der Waals surface area contributed by atoms with Crippen LogP contribution in [0.25, 0.3) is 0 Å². The number of aromatic nitrogens is 4. The number of anilines is 2. The quantitative estimate of drug-likeness (QED) is 0.540. The maximum atomic E-state index is 13.2. The van der Waals surface area contributed by atoms with Gasteiger partial charge in [-0.05, 0) is 24.6 Å². The van der Waals surface area contributed by atoms with Crippen LogP contribution in [-0.4, -0.2) is 32.1 Å². The summed E-state index contributed by atoms with van der Waals surface area (Å²) < 4.78 is 40.3. The van der Waals surface area contributed by atoms with Crippen LogP contribution in [0, 0.1) is 6.92 Å². The molecule has 2 aromatic heterocycles. The van der Waals surface area contributed by atoms with Crippen LogP contribution >= 0.6 is 11.6 Å². The standard InChI is InChI=1S/C17H15ClF3N7O/c1-8-4-3-5-9(6-8)24-16-11(14(22)29)15(25-26-16)23-7-10-12(17(19,20)21)27-28(2)13(10)18/h3-7H,1-2H3,(H2,22,29)(H2,24,25,26). The summed E-state index contributed by atoms with van der Waals surface area (Å²) in [4.78, 5) is 15.8. The molecule has 0 aliphatic rings. The topological polar surface area (TPSA) is 114 Å². The summed E-state index contributed by atoms with van der Waals surface area (Å²) in [7, 11) is 1.27. The third kappa shape index (κ3) is 4.24. The minimum Gasteiger partial charge on any atom is -0.365 e. The number of aliphatic imine (C=N–C) groups is 1. The largest absolute Gasteiger partial charge is 0.435 e. The third-order valence-corrected chi connectivity index (χ3v) is 4.33. The monoisotopic (exact) mass is 425 g/mol. The van der Waals surface area contributed by atoms with Crippen LogP contribution < -0.4 is 11.1 Å². The number of primary amides is 1. The fourth-order valence-electron chi connectivity index (χ4n) is 2.59. The average molecular weight is 426 g/mol. The van der Waals surface area contributed by atoms with Crippen molar-refractivity contribution in [1.29, 1.82) is 0 Å². The smallest absolute Gasteiger partial charge is 0.365 e. The Bertz CT molecular complexity index is 1100. The summed E-state index contributed by atoms with van der Waals surface area (Å²) in [6, 6.07) is 7.27. The Hall–Kier alpha value is -3.34. The molecule has 29 heavy (non-hydrogen) atoms. The lowest BCUT2D eigenvalue weighted by atomic mass is 10.2. The summed E-state index contributed by atoms with van der Waals surface area (Å²) in [5.74, 6) is -0.904. The molecule has 0 bridgehead atoms. The summed E-state index contributed by atoms with van der Waals surface area (Å²) in [5.41, 5.74) is 5.27. The van der Waals surface area contributed by atoms with Crippen LogP contribution in [0.5, 0.6) is 0 Å². The number of aryl methyl sites for hydroxylation is 2. The van der Waals surface area contributed by atoms with Crippen LogP contribution in [0.2, 0.25) is 5.15 Å². The normalized spacial score (nSPS) is 11.9. The van der Waals surface area contributed by atoms with Gasteiger partial charge in [-0.15, -0.1) is 0 Å². The molecule has 0 atom stereocenters. The number of nitrogens with one attached hydrogen (secondary N) is 2. The van der Waals surface area contributed by atoms with E-state index in [0.29, 0.717) is 5.69 Å². The predicted octanol–water partition coefficient (Wildman–Crippen LogP) is 3.72. The number of hydrogen-bond acceptors (Lipinski definition) is 5. The zero-order chi connectivity index (χ0) is 21.3. The van der Waals surface area contributed by atoms with E-state index in [1.807, 2.05) is 19.1 Å². The molecule has 1 aromatic carbocycles. The summed E-state index contributed by atoms with van der Waals surface area (Å²) in [5, 5.41) is 12.5. The Balaban J connectivity index is 1.99. The van der Waals surface area contributed by atoms with Gasteiger partial charge in [0, 0.05) is 18.9 Å². The van der Waals surface area contributed by atoms with E-state index in [1.165, 1.54) is 7.05 Å². The molecular formula is C17H15ClF3N7O. The number of alkyl halides is 3. The van der Waals surface area contributed by atoms with E-state index in [1.54, 1.807) is 12.1 Å². The molecule has 4 N–H and O–H groups in total. The van der Waals surface area contributed by atoms with Crippen LogP contribution in [-0.2, 0) is 13.2 Å². The predicted molar refractivity (Wildman–Crippen MR) is 102 cm³/mol. The van der Waals surface area contributed by atoms with E-state index >= 15 is 0 Å². The zero-order valence-corrected chi connectivity index (χ0v) is 15.9. The van der Waals surface area contributed by atoms with Crippen molar-refractivity contribution in [3.8, 4) is 0 Å². The number of amides is 1. The Kier molecular flexibility index (Phi) is 5.33. The molecule has 0 unspecified atom stereocenters. The molecule has 0 aliphatic carbocycles. The lowest BCUT2D eigenvalue weighted by Crippen LogP contribution is -2.12. The number of nitrogens with two attached hydrogens (primary N) is 1. The maximum absolute atomic E-state index is 13.2. The number of hydrogen-bond donors (Lipinski definition) is 3. The van der Waals surface area contributed by atoms with Crippen molar-refractivity contribution in [2.45, 2.75) is 13.1 Å². The molecule has 0 aliphatic heterocycles. The Morgan fingerprint density at radius 2 is 2.14 bits per heavy atom. The van der Waals surface area contributed by atoms with Gasteiger partial charge in [-0.25, -0.2) is 4.99 Å². The number of H-pyrrole nitrogens is 1. The van der Waals surface area contributed by atoms with E-state index in [4.69, 9.17) is 17.3 Å². The van der Waals surface area contributed by atoms with E-state index in [-0.39, 0.29) is 22.4 Å². The number of nitrogens with zero attached hydrogens (tertiary/aromatic N) is 4. The number of carbonyl (C=O) groups excluding carboxylic acids is 1. The fraction of sp³-hybridized carbons (Fsp3) is 0.176. The van der Waals surface area contributed by atoms with Crippen molar-refractivity contribution in [2.75, 3.05) is 5.32 Å². The maximum Gasteiger partial charge on any atom is 0.435 e. The van der Waals surface area contributed by atoms with Gasteiger partial charge in [-0.1, -0.05) is 23.7 Å².